The molecule has 2 N–H and O–H groups in total. The van der Waals surface area contributed by atoms with Crippen LogP contribution in [0.3, 0.4) is 0 Å². The molecule has 0 radical (unpaired) electrons. The van der Waals surface area contributed by atoms with E-state index in [0.29, 0.717) is 24.0 Å². The lowest BCUT2D eigenvalue weighted by Gasteiger charge is -2.41. The van der Waals surface area contributed by atoms with Crippen molar-refractivity contribution in [3.05, 3.63) is 53.3 Å². The summed E-state index contributed by atoms with van der Waals surface area (Å²) in [5.74, 6) is -3.36. The third kappa shape index (κ3) is 12.2. The fraction of sp³-hybridized carbons (Fsp3) is 0.696. The van der Waals surface area contributed by atoms with Crippen molar-refractivity contribution in [3.63, 3.8) is 0 Å². The van der Waals surface area contributed by atoms with Crippen LogP contribution in [0, 0.1) is 0 Å². The number of fused-ring (bicyclic) bond motifs is 3. The molecule has 1 aliphatic carbocycles. The first-order chi connectivity index (χ1) is 25.8. The monoisotopic (exact) mass is 737 g/mol. The Bertz CT molecular complexity index is 1340. The van der Waals surface area contributed by atoms with Crippen LogP contribution in [0.1, 0.15) is 185 Å². The number of hydrogen-bond donors (Lipinski definition) is 2. The third-order valence-electron chi connectivity index (χ3n) is 11.2. The zero-order valence-corrected chi connectivity index (χ0v) is 33.8. The van der Waals surface area contributed by atoms with E-state index in [1.165, 1.54) is 110 Å². The summed E-state index contributed by atoms with van der Waals surface area (Å²) < 4.78 is 17.0. The van der Waals surface area contributed by atoms with Gasteiger partial charge in [0.1, 0.15) is 11.2 Å². The molecule has 2 atom stereocenters. The average Bonchev–Trinajstić information content (AvgIpc) is 3.43. The van der Waals surface area contributed by atoms with Gasteiger partial charge in [-0.1, -0.05) is 147 Å². The summed E-state index contributed by atoms with van der Waals surface area (Å²) in [7, 11) is 2.83. The second-order valence-electron chi connectivity index (χ2n) is 15.3. The molecule has 0 amide bonds. The molecule has 0 bridgehead atoms. The Labute approximate surface area is 321 Å². The quantitative estimate of drug-likeness (QED) is 0.0599. The molecule has 7 nitrogen and oxygen atoms in total. The number of Topliss-reactive ketones (excluding diaryl/α,β-unsaturated/α-hetero) is 1. The van der Waals surface area contributed by atoms with Crippen LogP contribution in [0.15, 0.2) is 42.2 Å². The van der Waals surface area contributed by atoms with Gasteiger partial charge in [-0.05, 0) is 57.8 Å². The summed E-state index contributed by atoms with van der Waals surface area (Å²) >= 11 is 0. The Morgan fingerprint density at radius 2 is 1.13 bits per heavy atom. The molecule has 1 heterocycles. The largest absolute Gasteiger partial charge is 0.504 e. The van der Waals surface area contributed by atoms with Crippen LogP contribution in [-0.2, 0) is 26.2 Å². The van der Waals surface area contributed by atoms with Crippen LogP contribution in [0.25, 0.3) is 0 Å². The molecule has 3 rings (SSSR count). The Hall–Kier alpha value is -3.06. The molecule has 0 saturated heterocycles. The number of allylic oxidation sites excluding steroid dienone is 5. The van der Waals surface area contributed by atoms with E-state index < -0.39 is 22.8 Å². The minimum atomic E-state index is -2.42. The summed E-state index contributed by atoms with van der Waals surface area (Å²) in [4.78, 5) is 27.9. The van der Waals surface area contributed by atoms with Crippen molar-refractivity contribution >= 4 is 11.6 Å². The van der Waals surface area contributed by atoms with E-state index in [2.05, 4.69) is 38.2 Å². The molecule has 1 aliphatic heterocycles. The second-order valence-corrected chi connectivity index (χ2v) is 15.3. The Morgan fingerprint density at radius 1 is 0.660 bits per heavy atom. The Morgan fingerprint density at radius 3 is 1.62 bits per heavy atom. The zero-order valence-electron chi connectivity index (χ0n) is 33.8. The molecule has 0 spiro atoms. The number of aromatic hydroxyl groups is 1. The van der Waals surface area contributed by atoms with Crippen molar-refractivity contribution in [2.75, 3.05) is 14.2 Å². The van der Waals surface area contributed by atoms with Crippen molar-refractivity contribution in [1.29, 1.82) is 0 Å². The van der Waals surface area contributed by atoms with Gasteiger partial charge in [-0.15, -0.1) is 0 Å². The van der Waals surface area contributed by atoms with Gasteiger partial charge in [0.25, 0.3) is 5.79 Å². The maximum Gasteiger partial charge on any atom is 0.289 e. The molecular weight excluding hydrogens is 664 g/mol. The van der Waals surface area contributed by atoms with Crippen molar-refractivity contribution in [2.24, 2.45) is 0 Å². The smallest absolute Gasteiger partial charge is 0.289 e. The van der Waals surface area contributed by atoms with Gasteiger partial charge in [-0.2, -0.15) is 0 Å². The highest BCUT2D eigenvalue weighted by Gasteiger charge is 2.71. The molecule has 7 heteroatoms. The molecule has 53 heavy (non-hydrogen) atoms. The number of aliphatic hydroxyl groups is 1. The van der Waals surface area contributed by atoms with Crippen molar-refractivity contribution in [3.8, 4) is 17.2 Å². The highest BCUT2D eigenvalue weighted by molar-refractivity contribution is 6.18. The molecule has 0 fully saturated rings. The first-order valence-electron chi connectivity index (χ1n) is 21.3. The van der Waals surface area contributed by atoms with Gasteiger partial charge >= 0.3 is 0 Å². The standard InChI is InChI=1S/C46H72O7/c1-5-7-9-11-13-15-17-19-20-21-23-25-27-29-31-33-37-42-38(35-39(51-3)43(37)48)53-46(50)41(47)36-40(52-4)44(49)45(42,46)34-32-30-28-26-24-22-18-16-14-12-10-8-6-2/h11-14,35-36,48,50H,5-10,15-34H2,1-4H3. The van der Waals surface area contributed by atoms with E-state index in [4.69, 9.17) is 14.2 Å². The zero-order chi connectivity index (χ0) is 38.4. The number of phenolic OH excluding ortho intramolecular Hbond substituents is 1. The fourth-order valence-corrected chi connectivity index (χ4v) is 8.07. The molecule has 298 valence electrons. The Kier molecular flexibility index (Phi) is 20.4. The van der Waals surface area contributed by atoms with Gasteiger partial charge in [-0.3, -0.25) is 9.59 Å². The minimum absolute atomic E-state index is 0.0624. The molecular formula is C46H72O7. The molecule has 1 aromatic rings. The van der Waals surface area contributed by atoms with Crippen LogP contribution in [0.4, 0.5) is 0 Å². The summed E-state index contributed by atoms with van der Waals surface area (Å²) in [6, 6.07) is 1.50. The maximum absolute atomic E-state index is 14.3. The number of carbonyl (C=O) groups excluding carboxylic acids is 2. The lowest BCUT2D eigenvalue weighted by atomic mass is 9.62. The number of carbonyl (C=O) groups is 2. The Balaban J connectivity index is 1.61. The summed E-state index contributed by atoms with van der Waals surface area (Å²) in [6.07, 6.45) is 38.2. The minimum Gasteiger partial charge on any atom is -0.504 e. The molecule has 2 unspecified atom stereocenters. The molecule has 0 saturated carbocycles. The predicted molar refractivity (Wildman–Crippen MR) is 216 cm³/mol. The van der Waals surface area contributed by atoms with Gasteiger partial charge < -0.3 is 24.4 Å². The van der Waals surface area contributed by atoms with Crippen molar-refractivity contribution < 1.29 is 34.0 Å². The number of methoxy groups -OCH3 is 2. The first-order valence-corrected chi connectivity index (χ1v) is 21.3. The van der Waals surface area contributed by atoms with Gasteiger partial charge in [0.05, 0.1) is 14.2 Å². The van der Waals surface area contributed by atoms with E-state index in [0.717, 1.165) is 63.9 Å². The lowest BCUT2D eigenvalue weighted by Crippen LogP contribution is -2.63. The fourth-order valence-electron chi connectivity index (χ4n) is 8.07. The van der Waals surface area contributed by atoms with E-state index >= 15 is 0 Å². The lowest BCUT2D eigenvalue weighted by molar-refractivity contribution is -0.190. The number of ether oxygens (including phenoxy) is 3. The highest BCUT2D eigenvalue weighted by atomic mass is 16.6. The van der Waals surface area contributed by atoms with Crippen LogP contribution in [-0.4, -0.2) is 41.8 Å². The third-order valence-corrected chi connectivity index (χ3v) is 11.2. The topological polar surface area (TPSA) is 102 Å². The number of phenols is 1. The predicted octanol–water partition coefficient (Wildman–Crippen LogP) is 11.8. The van der Waals surface area contributed by atoms with E-state index in [1.807, 2.05) is 0 Å². The van der Waals surface area contributed by atoms with Gasteiger partial charge in [0.15, 0.2) is 17.3 Å². The van der Waals surface area contributed by atoms with Gasteiger partial charge in [0.2, 0.25) is 11.6 Å². The van der Waals surface area contributed by atoms with E-state index in [-0.39, 0.29) is 29.4 Å². The number of ketones is 2. The van der Waals surface area contributed by atoms with Crippen molar-refractivity contribution in [1.82, 2.24) is 0 Å². The number of benzene rings is 1. The van der Waals surface area contributed by atoms with Crippen LogP contribution >= 0.6 is 0 Å². The van der Waals surface area contributed by atoms with Gasteiger partial charge in [-0.25, -0.2) is 0 Å². The SMILES string of the molecule is CCCCC=CCCCCCCCCCCCc1c(O)c(OC)cc2c1C1(CCCCCCCCCC=CCCCC)C(=O)C(OC)=CC(=O)C1(O)O2. The van der Waals surface area contributed by atoms with Crippen molar-refractivity contribution in [2.45, 2.75) is 192 Å². The van der Waals surface area contributed by atoms with Crippen LogP contribution in [0.5, 0.6) is 17.2 Å². The molecule has 2 aliphatic rings. The second kappa shape index (κ2) is 24.4. The number of unbranched alkanes of at least 4 members (excludes halogenated alkanes) is 20. The van der Waals surface area contributed by atoms with E-state index in [1.54, 1.807) is 0 Å². The van der Waals surface area contributed by atoms with Crippen LogP contribution < -0.4 is 9.47 Å². The molecule has 0 aromatic heterocycles. The number of hydrogen-bond acceptors (Lipinski definition) is 7. The van der Waals surface area contributed by atoms with E-state index in [9.17, 15) is 19.8 Å². The first kappa shape index (κ1) is 44.3. The summed E-state index contributed by atoms with van der Waals surface area (Å²) in [6.45, 7) is 4.45. The van der Waals surface area contributed by atoms with Gasteiger partial charge in [0, 0.05) is 23.3 Å². The summed E-state index contributed by atoms with van der Waals surface area (Å²) in [5, 5.41) is 23.6. The normalized spacial score (nSPS) is 19.5. The summed E-state index contributed by atoms with van der Waals surface area (Å²) in [5.41, 5.74) is -0.790. The number of rotatable bonds is 30. The average molecular weight is 737 g/mol. The highest BCUT2D eigenvalue weighted by Crippen LogP contribution is 2.59. The van der Waals surface area contributed by atoms with Crippen LogP contribution in [0.2, 0.25) is 0 Å². The maximum atomic E-state index is 14.3. The molecule has 1 aromatic carbocycles.